The first kappa shape index (κ1) is 12.9. The molecule has 14 heavy (non-hydrogen) atoms. The molecule has 0 aliphatic heterocycles. The summed E-state index contributed by atoms with van der Waals surface area (Å²) in [6.07, 6.45) is 0.521. The van der Waals surface area contributed by atoms with Crippen molar-refractivity contribution in [2.24, 2.45) is 0 Å². The van der Waals surface area contributed by atoms with Crippen LogP contribution in [0.25, 0.3) is 0 Å². The topological polar surface area (TPSA) is 49.3 Å². The molecule has 78 valence electrons. The Morgan fingerprint density at radius 2 is 2.00 bits per heavy atom. The molecule has 1 unspecified atom stereocenters. The van der Waals surface area contributed by atoms with Gasteiger partial charge in [-0.25, -0.2) is 0 Å². The third-order valence-corrected chi connectivity index (χ3v) is 1.93. The second kappa shape index (κ2) is 6.34. The maximum absolute atomic E-state index is 10.7. The van der Waals surface area contributed by atoms with E-state index >= 15 is 0 Å². The third-order valence-electron chi connectivity index (χ3n) is 1.93. The molecule has 0 aliphatic carbocycles. The fourth-order valence-corrected chi connectivity index (χ4v) is 1.16. The van der Waals surface area contributed by atoms with Crippen molar-refractivity contribution >= 4 is 16.9 Å². The summed E-state index contributed by atoms with van der Waals surface area (Å²) >= 11 is 0. The summed E-state index contributed by atoms with van der Waals surface area (Å²) in [5.74, 6) is -0.814. The van der Waals surface area contributed by atoms with Crippen molar-refractivity contribution in [2.45, 2.75) is 12.5 Å². The maximum atomic E-state index is 10.7. The normalized spacial score (nSPS) is 11.5. The first-order valence-corrected chi connectivity index (χ1v) is 4.18. The highest BCUT2D eigenvalue weighted by Gasteiger charge is 2.14. The summed E-state index contributed by atoms with van der Waals surface area (Å²) in [7, 11) is 1.65. The first-order chi connectivity index (χ1) is 6.24. The Kier molecular flexibility index (Phi) is 5.83. The molecule has 0 heterocycles. The van der Waals surface area contributed by atoms with E-state index in [1.807, 2.05) is 30.3 Å². The van der Waals surface area contributed by atoms with Crippen molar-refractivity contribution in [3.8, 4) is 0 Å². The molecule has 1 aromatic rings. The summed E-state index contributed by atoms with van der Waals surface area (Å²) in [5.41, 5.74) is 1.03. The van der Waals surface area contributed by atoms with Crippen molar-refractivity contribution in [1.82, 2.24) is 5.32 Å². The first-order valence-electron chi connectivity index (χ1n) is 4.18. The van der Waals surface area contributed by atoms with E-state index in [2.05, 4.69) is 5.32 Å². The minimum absolute atomic E-state index is 0. The van der Waals surface area contributed by atoms with Crippen LogP contribution in [0.1, 0.15) is 5.56 Å². The number of carbonyl (C=O) groups is 1. The van der Waals surface area contributed by atoms with Gasteiger partial charge >= 0.3 is 5.97 Å². The molecule has 0 saturated carbocycles. The number of carboxylic acid groups (broad SMARTS) is 1. The largest absolute Gasteiger partial charge is 0.480 e. The highest BCUT2D eigenvalue weighted by atomic mass is 28.1. The van der Waals surface area contributed by atoms with Gasteiger partial charge in [-0.3, -0.25) is 4.79 Å². The van der Waals surface area contributed by atoms with E-state index < -0.39 is 12.0 Å². The Morgan fingerprint density at radius 1 is 1.43 bits per heavy atom. The molecule has 2 N–H and O–H groups in total. The highest BCUT2D eigenvalue weighted by molar-refractivity contribution is 5.75. The molecule has 0 spiro atoms. The minimum Gasteiger partial charge on any atom is -0.480 e. The number of hydrogen-bond donors (Lipinski definition) is 2. The van der Waals surface area contributed by atoms with Gasteiger partial charge < -0.3 is 10.4 Å². The van der Waals surface area contributed by atoms with Gasteiger partial charge in [-0.2, -0.15) is 0 Å². The van der Waals surface area contributed by atoms with Gasteiger partial charge in [-0.05, 0) is 30.0 Å². The van der Waals surface area contributed by atoms with Crippen LogP contribution in [0.4, 0.5) is 0 Å². The second-order valence-electron chi connectivity index (χ2n) is 2.87. The van der Waals surface area contributed by atoms with Gasteiger partial charge in [-0.1, -0.05) is 30.3 Å². The van der Waals surface area contributed by atoms with E-state index in [1.165, 1.54) is 0 Å². The summed E-state index contributed by atoms with van der Waals surface area (Å²) in [6.45, 7) is 0. The van der Waals surface area contributed by atoms with Crippen LogP contribution in [-0.2, 0) is 11.2 Å². The summed E-state index contributed by atoms with van der Waals surface area (Å²) in [6, 6.07) is 9.08. The van der Waals surface area contributed by atoms with Gasteiger partial charge in [0, 0.05) is 0 Å². The van der Waals surface area contributed by atoms with Gasteiger partial charge in [0.2, 0.25) is 0 Å². The predicted octanol–water partition coefficient (Wildman–Crippen LogP) is -0.550. The lowest BCUT2D eigenvalue weighted by molar-refractivity contribution is -0.139. The van der Waals surface area contributed by atoms with Gasteiger partial charge in [0.15, 0.2) is 0 Å². The Labute approximate surface area is 88.2 Å². The number of rotatable bonds is 4. The molecule has 0 bridgehead atoms. The molecule has 1 rings (SSSR count). The Balaban J connectivity index is 0.00000169. The standard InChI is InChI=1S/C10H13NO2.H4Si/c1-11-9(10(12)13)7-8-5-3-2-4-6-8;/h2-6,9,11H,7H2,1H3,(H,12,13);1H4. The molecule has 0 amide bonds. The van der Waals surface area contributed by atoms with Crippen molar-refractivity contribution in [3.05, 3.63) is 35.9 Å². The van der Waals surface area contributed by atoms with E-state index in [1.54, 1.807) is 7.05 Å². The van der Waals surface area contributed by atoms with Crippen molar-refractivity contribution < 1.29 is 9.90 Å². The highest BCUT2D eigenvalue weighted by Crippen LogP contribution is 2.02. The Morgan fingerprint density at radius 3 is 2.43 bits per heavy atom. The van der Waals surface area contributed by atoms with Crippen LogP contribution in [0.3, 0.4) is 0 Å². The number of aliphatic carboxylic acids is 1. The molecule has 1 aromatic carbocycles. The minimum atomic E-state index is -0.814. The van der Waals surface area contributed by atoms with Crippen LogP contribution in [-0.4, -0.2) is 35.1 Å². The summed E-state index contributed by atoms with van der Waals surface area (Å²) < 4.78 is 0. The molecule has 0 radical (unpaired) electrons. The van der Waals surface area contributed by atoms with Gasteiger partial charge in [-0.15, -0.1) is 0 Å². The van der Waals surface area contributed by atoms with Crippen LogP contribution in [0.15, 0.2) is 30.3 Å². The third kappa shape index (κ3) is 3.72. The average molecular weight is 211 g/mol. The number of carboxylic acids is 1. The van der Waals surface area contributed by atoms with E-state index in [-0.39, 0.29) is 11.0 Å². The molecule has 0 fully saturated rings. The van der Waals surface area contributed by atoms with E-state index in [9.17, 15) is 4.79 Å². The predicted molar refractivity (Wildman–Crippen MR) is 62.0 cm³/mol. The van der Waals surface area contributed by atoms with Gasteiger partial charge in [0.05, 0.1) is 0 Å². The molecule has 1 atom stereocenters. The SMILES string of the molecule is CNC(Cc1ccccc1)C(=O)O.[SiH4]. The van der Waals surface area contributed by atoms with Gasteiger partial charge in [0.1, 0.15) is 6.04 Å². The summed E-state index contributed by atoms with van der Waals surface area (Å²) in [4.78, 5) is 10.7. The molecule has 0 aromatic heterocycles. The molecule has 0 saturated heterocycles. The zero-order valence-corrected chi connectivity index (χ0v) is 7.53. The summed E-state index contributed by atoms with van der Waals surface area (Å²) in [5, 5.41) is 11.5. The fraction of sp³-hybridized carbons (Fsp3) is 0.300. The van der Waals surface area contributed by atoms with Crippen molar-refractivity contribution in [2.75, 3.05) is 7.05 Å². The molecule has 4 heteroatoms. The van der Waals surface area contributed by atoms with Crippen molar-refractivity contribution in [1.29, 1.82) is 0 Å². The number of hydrogen-bond acceptors (Lipinski definition) is 2. The lowest BCUT2D eigenvalue weighted by Gasteiger charge is -2.10. The zero-order chi connectivity index (χ0) is 9.68. The Bertz CT molecular complexity index is 277. The van der Waals surface area contributed by atoms with Gasteiger partial charge in [0.25, 0.3) is 0 Å². The molecule has 0 aliphatic rings. The van der Waals surface area contributed by atoms with Crippen LogP contribution in [0, 0.1) is 0 Å². The molecular weight excluding hydrogens is 194 g/mol. The van der Waals surface area contributed by atoms with Crippen LogP contribution >= 0.6 is 0 Å². The molecular formula is C10H17NO2Si. The molecule has 3 nitrogen and oxygen atoms in total. The number of nitrogens with one attached hydrogen (secondary N) is 1. The number of benzene rings is 1. The fourth-order valence-electron chi connectivity index (χ4n) is 1.16. The second-order valence-corrected chi connectivity index (χ2v) is 2.87. The lowest BCUT2D eigenvalue weighted by Crippen LogP contribution is -2.35. The maximum Gasteiger partial charge on any atom is 0.321 e. The van der Waals surface area contributed by atoms with E-state index in [4.69, 9.17) is 5.11 Å². The monoisotopic (exact) mass is 211 g/mol. The Hall–Kier alpha value is -1.13. The van der Waals surface area contributed by atoms with Crippen LogP contribution in [0.2, 0.25) is 0 Å². The van der Waals surface area contributed by atoms with Crippen LogP contribution < -0.4 is 5.32 Å². The quantitative estimate of drug-likeness (QED) is 0.657. The average Bonchev–Trinajstić information content (AvgIpc) is 2.15. The van der Waals surface area contributed by atoms with E-state index in [0.29, 0.717) is 6.42 Å². The van der Waals surface area contributed by atoms with Crippen molar-refractivity contribution in [3.63, 3.8) is 0 Å². The van der Waals surface area contributed by atoms with Crippen LogP contribution in [0.5, 0.6) is 0 Å². The zero-order valence-electron chi connectivity index (χ0n) is 7.53. The lowest BCUT2D eigenvalue weighted by atomic mass is 10.1. The van der Waals surface area contributed by atoms with E-state index in [0.717, 1.165) is 5.56 Å². The number of likely N-dealkylation sites (N-methyl/N-ethyl adjacent to an activating group) is 1. The smallest absolute Gasteiger partial charge is 0.321 e.